The maximum absolute atomic E-state index is 12.1. The smallest absolute Gasteiger partial charge is 0.269 e. The molecule has 0 spiro atoms. The van der Waals surface area contributed by atoms with E-state index in [0.29, 0.717) is 12.0 Å². The van der Waals surface area contributed by atoms with Crippen molar-refractivity contribution in [1.82, 2.24) is 14.9 Å². The van der Waals surface area contributed by atoms with Gasteiger partial charge in [0, 0.05) is 30.1 Å². The maximum atomic E-state index is 12.1. The first kappa shape index (κ1) is 13.7. The molecule has 104 valence electrons. The number of aromatic nitrogens is 2. The lowest BCUT2D eigenvalue weighted by atomic mass is 10.2. The summed E-state index contributed by atoms with van der Waals surface area (Å²) in [5.41, 5.74) is 0.345. The van der Waals surface area contributed by atoms with Crippen LogP contribution in [0.1, 0.15) is 29.9 Å². The standard InChI is InChI=1S/C13H14N4O3/c1-2-12(16-8-7-14-9-16)15-13(18)10-3-5-11(6-4-10)17(19)20/h3-9,12H,2H2,1H3,(H,15,18). The Morgan fingerprint density at radius 3 is 2.65 bits per heavy atom. The first-order chi connectivity index (χ1) is 9.61. The average molecular weight is 274 g/mol. The van der Waals surface area contributed by atoms with Gasteiger partial charge < -0.3 is 9.88 Å². The van der Waals surface area contributed by atoms with Gasteiger partial charge in [-0.1, -0.05) is 6.92 Å². The van der Waals surface area contributed by atoms with Gasteiger partial charge in [0.2, 0.25) is 0 Å². The molecule has 7 nitrogen and oxygen atoms in total. The van der Waals surface area contributed by atoms with E-state index in [2.05, 4.69) is 10.3 Å². The number of non-ortho nitro benzene ring substituents is 1. The average Bonchev–Trinajstić information content (AvgIpc) is 2.98. The predicted octanol–water partition coefficient (Wildman–Crippen LogP) is 2.13. The molecule has 2 rings (SSSR count). The van der Waals surface area contributed by atoms with Crippen molar-refractivity contribution < 1.29 is 9.72 Å². The maximum Gasteiger partial charge on any atom is 0.269 e. The van der Waals surface area contributed by atoms with Crippen LogP contribution in [0, 0.1) is 10.1 Å². The van der Waals surface area contributed by atoms with E-state index >= 15 is 0 Å². The number of carbonyl (C=O) groups is 1. The third-order valence-electron chi connectivity index (χ3n) is 2.91. The van der Waals surface area contributed by atoms with Crippen LogP contribution in [-0.2, 0) is 0 Å². The highest BCUT2D eigenvalue weighted by molar-refractivity contribution is 5.94. The van der Waals surface area contributed by atoms with E-state index in [1.165, 1.54) is 24.3 Å². The Balaban J connectivity index is 2.09. The van der Waals surface area contributed by atoms with Crippen LogP contribution in [0.15, 0.2) is 43.0 Å². The first-order valence-corrected chi connectivity index (χ1v) is 6.14. The molecule has 7 heteroatoms. The van der Waals surface area contributed by atoms with Crippen molar-refractivity contribution in [2.75, 3.05) is 0 Å². The van der Waals surface area contributed by atoms with Crippen molar-refractivity contribution in [3.8, 4) is 0 Å². The molecule has 1 amide bonds. The number of nitro benzene ring substituents is 1. The van der Waals surface area contributed by atoms with Gasteiger partial charge in [-0.15, -0.1) is 0 Å². The van der Waals surface area contributed by atoms with Gasteiger partial charge in [-0.3, -0.25) is 14.9 Å². The number of hydrogen-bond acceptors (Lipinski definition) is 4. The van der Waals surface area contributed by atoms with E-state index in [1.54, 1.807) is 23.3 Å². The molecule has 0 bridgehead atoms. The fraction of sp³-hybridized carbons (Fsp3) is 0.231. The second-order valence-electron chi connectivity index (χ2n) is 4.21. The summed E-state index contributed by atoms with van der Waals surface area (Å²) < 4.78 is 1.79. The van der Waals surface area contributed by atoms with Crippen molar-refractivity contribution in [3.05, 3.63) is 58.7 Å². The van der Waals surface area contributed by atoms with Gasteiger partial charge in [0.25, 0.3) is 11.6 Å². The highest BCUT2D eigenvalue weighted by atomic mass is 16.6. The molecule has 0 saturated heterocycles. The third kappa shape index (κ3) is 3.00. The number of hydrogen-bond donors (Lipinski definition) is 1. The minimum atomic E-state index is -0.498. The van der Waals surface area contributed by atoms with E-state index in [1.807, 2.05) is 6.92 Å². The second kappa shape index (κ2) is 5.96. The van der Waals surface area contributed by atoms with Crippen LogP contribution >= 0.6 is 0 Å². The fourth-order valence-corrected chi connectivity index (χ4v) is 1.81. The van der Waals surface area contributed by atoms with Crippen LogP contribution < -0.4 is 5.32 Å². The molecular weight excluding hydrogens is 260 g/mol. The molecule has 1 heterocycles. The zero-order valence-corrected chi connectivity index (χ0v) is 10.9. The number of rotatable bonds is 5. The van der Waals surface area contributed by atoms with Crippen LogP contribution in [0.2, 0.25) is 0 Å². The minimum absolute atomic E-state index is 0.0387. The lowest BCUT2D eigenvalue weighted by molar-refractivity contribution is -0.384. The van der Waals surface area contributed by atoms with E-state index in [9.17, 15) is 14.9 Å². The molecule has 0 aliphatic rings. The summed E-state index contributed by atoms with van der Waals surface area (Å²) in [6.07, 6.45) is 5.55. The van der Waals surface area contributed by atoms with Gasteiger partial charge in [-0.25, -0.2) is 4.98 Å². The van der Waals surface area contributed by atoms with Gasteiger partial charge in [0.1, 0.15) is 6.17 Å². The summed E-state index contributed by atoms with van der Waals surface area (Å²) in [6.45, 7) is 1.95. The van der Waals surface area contributed by atoms with Crippen molar-refractivity contribution in [2.45, 2.75) is 19.5 Å². The molecule has 0 fully saturated rings. The Morgan fingerprint density at radius 2 is 2.15 bits per heavy atom. The van der Waals surface area contributed by atoms with E-state index in [-0.39, 0.29) is 17.8 Å². The number of imidazole rings is 1. The summed E-state index contributed by atoms with van der Waals surface area (Å²) in [7, 11) is 0. The van der Waals surface area contributed by atoms with E-state index in [4.69, 9.17) is 0 Å². The summed E-state index contributed by atoms with van der Waals surface area (Å²) in [5, 5.41) is 13.4. The Labute approximate surface area is 115 Å². The molecule has 2 aromatic rings. The van der Waals surface area contributed by atoms with Gasteiger partial charge in [-0.2, -0.15) is 0 Å². The largest absolute Gasteiger partial charge is 0.331 e. The van der Waals surface area contributed by atoms with Gasteiger partial charge in [0.15, 0.2) is 0 Å². The van der Waals surface area contributed by atoms with E-state index in [0.717, 1.165) is 0 Å². The number of carbonyl (C=O) groups excluding carboxylic acids is 1. The minimum Gasteiger partial charge on any atom is -0.331 e. The van der Waals surface area contributed by atoms with Crippen LogP contribution in [0.5, 0.6) is 0 Å². The summed E-state index contributed by atoms with van der Waals surface area (Å²) in [5.74, 6) is -0.277. The molecule has 1 N–H and O–H groups in total. The van der Waals surface area contributed by atoms with Crippen LogP contribution in [0.3, 0.4) is 0 Å². The quantitative estimate of drug-likeness (QED) is 0.668. The number of nitro groups is 1. The Bertz CT molecular complexity index is 593. The zero-order chi connectivity index (χ0) is 14.5. The molecule has 1 atom stereocenters. The highest BCUT2D eigenvalue weighted by Crippen LogP contribution is 2.13. The SMILES string of the molecule is CCC(NC(=O)c1ccc([N+](=O)[O-])cc1)n1ccnc1. The number of benzene rings is 1. The monoisotopic (exact) mass is 274 g/mol. The van der Waals surface area contributed by atoms with Crippen LogP contribution in [0.25, 0.3) is 0 Å². The van der Waals surface area contributed by atoms with Gasteiger partial charge >= 0.3 is 0 Å². The summed E-state index contributed by atoms with van der Waals surface area (Å²) >= 11 is 0. The number of nitrogens with zero attached hydrogens (tertiary/aromatic N) is 3. The van der Waals surface area contributed by atoms with Gasteiger partial charge in [-0.05, 0) is 18.6 Å². The Kier molecular flexibility index (Phi) is 4.09. The van der Waals surface area contributed by atoms with Crippen molar-refractivity contribution >= 4 is 11.6 Å². The molecule has 0 aliphatic heterocycles. The molecule has 1 unspecified atom stereocenters. The zero-order valence-electron chi connectivity index (χ0n) is 10.9. The molecule has 0 aliphatic carbocycles. The lowest BCUT2D eigenvalue weighted by Crippen LogP contribution is -2.31. The lowest BCUT2D eigenvalue weighted by Gasteiger charge is -2.18. The normalized spacial score (nSPS) is 11.8. The number of nitrogens with one attached hydrogen (secondary N) is 1. The predicted molar refractivity (Wildman–Crippen MR) is 72.1 cm³/mol. The molecule has 0 saturated carbocycles. The first-order valence-electron chi connectivity index (χ1n) is 6.14. The van der Waals surface area contributed by atoms with Gasteiger partial charge in [0.05, 0.1) is 11.3 Å². The number of amides is 1. The molecule has 1 aromatic carbocycles. The molecular formula is C13H14N4O3. The Hall–Kier alpha value is -2.70. The van der Waals surface area contributed by atoms with Crippen molar-refractivity contribution in [1.29, 1.82) is 0 Å². The summed E-state index contributed by atoms with van der Waals surface area (Å²) in [6, 6.07) is 5.50. The topological polar surface area (TPSA) is 90.1 Å². The van der Waals surface area contributed by atoms with Crippen LogP contribution in [-0.4, -0.2) is 20.4 Å². The highest BCUT2D eigenvalue weighted by Gasteiger charge is 2.14. The molecule has 1 aromatic heterocycles. The fourth-order valence-electron chi connectivity index (χ4n) is 1.81. The van der Waals surface area contributed by atoms with Crippen molar-refractivity contribution in [3.63, 3.8) is 0 Å². The second-order valence-corrected chi connectivity index (χ2v) is 4.21. The van der Waals surface area contributed by atoms with E-state index < -0.39 is 4.92 Å². The van der Waals surface area contributed by atoms with Crippen molar-refractivity contribution in [2.24, 2.45) is 0 Å². The third-order valence-corrected chi connectivity index (χ3v) is 2.91. The summed E-state index contributed by atoms with van der Waals surface area (Å²) in [4.78, 5) is 26.1. The van der Waals surface area contributed by atoms with Crippen LogP contribution in [0.4, 0.5) is 5.69 Å². The molecule has 0 radical (unpaired) electrons. The molecule has 20 heavy (non-hydrogen) atoms. The Morgan fingerprint density at radius 1 is 1.45 bits per heavy atom.